The number of benzene rings is 1. The highest BCUT2D eigenvalue weighted by atomic mass is 32.2. The van der Waals surface area contributed by atoms with Gasteiger partial charge in [-0.25, -0.2) is 14.6 Å². The lowest BCUT2D eigenvalue weighted by atomic mass is 10.1. The molecule has 3 aromatic rings. The molecule has 2 aromatic heterocycles. The molecule has 0 saturated heterocycles. The summed E-state index contributed by atoms with van der Waals surface area (Å²) < 4.78 is 1.90. The van der Waals surface area contributed by atoms with E-state index in [-0.39, 0.29) is 6.04 Å². The molecule has 0 atom stereocenters. The van der Waals surface area contributed by atoms with Crippen LogP contribution in [-0.4, -0.2) is 26.0 Å². The summed E-state index contributed by atoms with van der Waals surface area (Å²) in [6.45, 7) is 4.15. The third kappa shape index (κ3) is 2.35. The van der Waals surface area contributed by atoms with Crippen LogP contribution in [0.4, 0.5) is 5.82 Å². The van der Waals surface area contributed by atoms with Crippen LogP contribution in [0.1, 0.15) is 19.9 Å². The van der Waals surface area contributed by atoms with Crippen LogP contribution in [0.5, 0.6) is 0 Å². The molecule has 0 spiro atoms. The summed E-state index contributed by atoms with van der Waals surface area (Å²) in [4.78, 5) is 9.66. The zero-order valence-electron chi connectivity index (χ0n) is 12.2. The van der Waals surface area contributed by atoms with E-state index in [1.165, 1.54) is 11.2 Å². The van der Waals surface area contributed by atoms with Crippen LogP contribution in [0.15, 0.2) is 35.5 Å². The van der Waals surface area contributed by atoms with Crippen molar-refractivity contribution in [2.75, 3.05) is 12.0 Å². The molecule has 1 aromatic carbocycles. The van der Waals surface area contributed by atoms with Gasteiger partial charge in [-0.2, -0.15) is 5.10 Å². The molecular weight excluding hydrogens is 282 g/mol. The lowest BCUT2D eigenvalue weighted by Crippen LogP contribution is -2.04. The highest BCUT2D eigenvalue weighted by Crippen LogP contribution is 2.32. The second-order valence-electron chi connectivity index (χ2n) is 5.08. The Kier molecular flexibility index (Phi) is 3.55. The SMILES string of the molecule is CSc1cccc(-c2nn(C(C)C)c3ncnc(N)c23)c1. The minimum absolute atomic E-state index is 0.208. The highest BCUT2D eigenvalue weighted by Gasteiger charge is 2.18. The van der Waals surface area contributed by atoms with Gasteiger partial charge in [0.05, 0.1) is 5.39 Å². The quantitative estimate of drug-likeness (QED) is 0.751. The molecule has 0 bridgehead atoms. The van der Waals surface area contributed by atoms with E-state index in [1.807, 2.05) is 16.8 Å². The predicted octanol–water partition coefficient (Wildman–Crippen LogP) is 3.38. The fraction of sp³-hybridized carbons (Fsp3) is 0.267. The number of nitrogens with zero attached hydrogens (tertiary/aromatic N) is 4. The van der Waals surface area contributed by atoms with Crippen LogP contribution in [0.2, 0.25) is 0 Å². The monoisotopic (exact) mass is 299 g/mol. The smallest absolute Gasteiger partial charge is 0.164 e. The molecule has 3 rings (SSSR count). The van der Waals surface area contributed by atoms with Crippen molar-refractivity contribution in [3.05, 3.63) is 30.6 Å². The third-order valence-corrected chi connectivity index (χ3v) is 4.08. The molecule has 2 N–H and O–H groups in total. The van der Waals surface area contributed by atoms with E-state index in [9.17, 15) is 0 Å². The molecule has 2 heterocycles. The first-order chi connectivity index (χ1) is 10.1. The summed E-state index contributed by atoms with van der Waals surface area (Å²) in [5.41, 5.74) is 8.72. The molecule has 0 amide bonds. The summed E-state index contributed by atoms with van der Waals surface area (Å²) in [6.07, 6.45) is 3.54. The molecule has 5 nitrogen and oxygen atoms in total. The van der Waals surface area contributed by atoms with Crippen molar-refractivity contribution in [3.8, 4) is 11.3 Å². The number of nitrogens with two attached hydrogens (primary N) is 1. The van der Waals surface area contributed by atoms with Crippen LogP contribution in [0, 0.1) is 0 Å². The Hall–Kier alpha value is -2.08. The van der Waals surface area contributed by atoms with E-state index in [0.29, 0.717) is 5.82 Å². The van der Waals surface area contributed by atoms with Gasteiger partial charge in [0.1, 0.15) is 17.8 Å². The molecule has 0 aliphatic heterocycles. The fourth-order valence-electron chi connectivity index (χ4n) is 2.33. The van der Waals surface area contributed by atoms with Gasteiger partial charge >= 0.3 is 0 Å². The second-order valence-corrected chi connectivity index (χ2v) is 5.96. The van der Waals surface area contributed by atoms with E-state index < -0.39 is 0 Å². The van der Waals surface area contributed by atoms with Crippen molar-refractivity contribution in [1.82, 2.24) is 19.7 Å². The number of thioether (sulfide) groups is 1. The Morgan fingerprint density at radius 2 is 2.05 bits per heavy atom. The van der Waals surface area contributed by atoms with Gasteiger partial charge in [-0.3, -0.25) is 0 Å². The summed E-state index contributed by atoms with van der Waals surface area (Å²) in [7, 11) is 0. The largest absolute Gasteiger partial charge is 0.383 e. The summed E-state index contributed by atoms with van der Waals surface area (Å²) in [6, 6.07) is 8.47. The number of rotatable bonds is 3. The minimum Gasteiger partial charge on any atom is -0.383 e. The Balaban J connectivity index is 2.31. The van der Waals surface area contributed by atoms with E-state index in [1.54, 1.807) is 11.8 Å². The van der Waals surface area contributed by atoms with Gasteiger partial charge in [-0.15, -0.1) is 11.8 Å². The summed E-state index contributed by atoms with van der Waals surface area (Å²) in [5, 5.41) is 5.54. The molecule has 0 saturated carbocycles. The first-order valence-corrected chi connectivity index (χ1v) is 7.97. The average Bonchev–Trinajstić information content (AvgIpc) is 2.88. The van der Waals surface area contributed by atoms with Gasteiger partial charge in [-0.1, -0.05) is 12.1 Å². The number of hydrogen-bond acceptors (Lipinski definition) is 5. The molecule has 6 heteroatoms. The minimum atomic E-state index is 0.208. The van der Waals surface area contributed by atoms with E-state index >= 15 is 0 Å². The van der Waals surface area contributed by atoms with Crippen LogP contribution < -0.4 is 5.73 Å². The zero-order valence-corrected chi connectivity index (χ0v) is 13.1. The standard InChI is InChI=1S/C15H17N5S/c1-9(2)20-15-12(14(16)17-8-18-15)13(19-20)10-5-4-6-11(7-10)21-3/h4-9H,1-3H3,(H2,16,17,18). The number of anilines is 1. The van der Waals surface area contributed by atoms with E-state index in [2.05, 4.69) is 42.2 Å². The van der Waals surface area contributed by atoms with Crippen molar-refractivity contribution >= 4 is 28.6 Å². The lowest BCUT2D eigenvalue weighted by Gasteiger charge is -2.05. The van der Waals surface area contributed by atoms with Gasteiger partial charge < -0.3 is 5.73 Å². The first-order valence-electron chi connectivity index (χ1n) is 6.75. The van der Waals surface area contributed by atoms with E-state index in [0.717, 1.165) is 22.3 Å². The van der Waals surface area contributed by atoms with Gasteiger partial charge in [0.2, 0.25) is 0 Å². The molecule has 0 aliphatic carbocycles. The predicted molar refractivity (Wildman–Crippen MR) is 87.3 cm³/mol. The molecule has 21 heavy (non-hydrogen) atoms. The number of hydrogen-bond donors (Lipinski definition) is 1. The van der Waals surface area contributed by atoms with Crippen molar-refractivity contribution in [1.29, 1.82) is 0 Å². The third-order valence-electron chi connectivity index (χ3n) is 3.35. The van der Waals surface area contributed by atoms with Crippen molar-refractivity contribution in [3.63, 3.8) is 0 Å². The topological polar surface area (TPSA) is 69.6 Å². The van der Waals surface area contributed by atoms with Crippen LogP contribution >= 0.6 is 11.8 Å². The van der Waals surface area contributed by atoms with Crippen molar-refractivity contribution in [2.45, 2.75) is 24.8 Å². The first kappa shape index (κ1) is 13.9. The Bertz CT molecular complexity index is 794. The molecular formula is C15H17N5S. The zero-order chi connectivity index (χ0) is 15.0. The normalized spacial score (nSPS) is 11.4. The maximum Gasteiger partial charge on any atom is 0.164 e. The Labute approximate surface area is 127 Å². The van der Waals surface area contributed by atoms with Gasteiger partial charge in [0, 0.05) is 16.5 Å². The highest BCUT2D eigenvalue weighted by molar-refractivity contribution is 7.98. The summed E-state index contributed by atoms with van der Waals surface area (Å²) in [5.74, 6) is 0.469. The van der Waals surface area contributed by atoms with Crippen LogP contribution in [0.25, 0.3) is 22.3 Å². The number of fused-ring (bicyclic) bond motifs is 1. The van der Waals surface area contributed by atoms with Gasteiger partial charge in [0.15, 0.2) is 5.65 Å². The van der Waals surface area contributed by atoms with Crippen molar-refractivity contribution in [2.24, 2.45) is 0 Å². The molecule has 0 radical (unpaired) electrons. The molecule has 0 unspecified atom stereocenters. The number of aromatic nitrogens is 4. The van der Waals surface area contributed by atoms with Crippen LogP contribution in [-0.2, 0) is 0 Å². The fourth-order valence-corrected chi connectivity index (χ4v) is 2.79. The van der Waals surface area contributed by atoms with Gasteiger partial charge in [0.25, 0.3) is 0 Å². The maximum atomic E-state index is 6.07. The maximum absolute atomic E-state index is 6.07. The second kappa shape index (κ2) is 5.37. The lowest BCUT2D eigenvalue weighted by molar-refractivity contribution is 0.548. The Morgan fingerprint density at radius 3 is 2.76 bits per heavy atom. The van der Waals surface area contributed by atoms with Crippen LogP contribution in [0.3, 0.4) is 0 Å². The average molecular weight is 299 g/mol. The molecule has 0 aliphatic rings. The van der Waals surface area contributed by atoms with Gasteiger partial charge in [-0.05, 0) is 32.2 Å². The number of nitrogen functional groups attached to an aromatic ring is 1. The summed E-state index contributed by atoms with van der Waals surface area (Å²) >= 11 is 1.70. The molecule has 0 fully saturated rings. The molecule has 108 valence electrons. The van der Waals surface area contributed by atoms with E-state index in [4.69, 9.17) is 10.8 Å². The Morgan fingerprint density at radius 1 is 1.24 bits per heavy atom. The van der Waals surface area contributed by atoms with Crippen molar-refractivity contribution < 1.29 is 0 Å².